The Morgan fingerprint density at radius 1 is 1.29 bits per heavy atom. The van der Waals surface area contributed by atoms with Crippen molar-refractivity contribution in [1.82, 2.24) is 5.32 Å². The SMILES string of the molecule is COc1cc(CNC(C)Cc2ccco2)cc(Cl)c1OC. The summed E-state index contributed by atoms with van der Waals surface area (Å²) in [6, 6.07) is 7.98. The molecule has 21 heavy (non-hydrogen) atoms. The largest absolute Gasteiger partial charge is 0.493 e. The molecule has 5 heteroatoms. The number of hydrogen-bond acceptors (Lipinski definition) is 4. The molecule has 0 aliphatic heterocycles. The minimum atomic E-state index is 0.294. The fraction of sp³-hybridized carbons (Fsp3) is 0.375. The normalized spacial score (nSPS) is 12.2. The first-order valence-corrected chi connectivity index (χ1v) is 7.18. The van der Waals surface area contributed by atoms with Gasteiger partial charge in [0.2, 0.25) is 0 Å². The smallest absolute Gasteiger partial charge is 0.179 e. The van der Waals surface area contributed by atoms with Gasteiger partial charge < -0.3 is 19.2 Å². The maximum absolute atomic E-state index is 6.20. The van der Waals surface area contributed by atoms with Crippen LogP contribution >= 0.6 is 11.6 Å². The van der Waals surface area contributed by atoms with Gasteiger partial charge in [0, 0.05) is 19.0 Å². The van der Waals surface area contributed by atoms with E-state index in [0.717, 1.165) is 17.7 Å². The molecule has 0 bridgehead atoms. The van der Waals surface area contributed by atoms with Crippen molar-refractivity contribution in [3.8, 4) is 11.5 Å². The lowest BCUT2D eigenvalue weighted by molar-refractivity contribution is 0.354. The van der Waals surface area contributed by atoms with E-state index in [4.69, 9.17) is 25.5 Å². The molecule has 1 unspecified atom stereocenters. The third-order valence-electron chi connectivity index (χ3n) is 3.24. The van der Waals surface area contributed by atoms with Gasteiger partial charge in [0.1, 0.15) is 5.76 Å². The minimum absolute atomic E-state index is 0.294. The van der Waals surface area contributed by atoms with E-state index in [-0.39, 0.29) is 0 Å². The summed E-state index contributed by atoms with van der Waals surface area (Å²) >= 11 is 6.20. The molecule has 1 N–H and O–H groups in total. The molecule has 1 aromatic carbocycles. The monoisotopic (exact) mass is 309 g/mol. The highest BCUT2D eigenvalue weighted by atomic mass is 35.5. The molecule has 0 aliphatic carbocycles. The zero-order valence-corrected chi connectivity index (χ0v) is 13.2. The highest BCUT2D eigenvalue weighted by Crippen LogP contribution is 2.35. The number of ether oxygens (including phenoxy) is 2. The lowest BCUT2D eigenvalue weighted by atomic mass is 10.1. The van der Waals surface area contributed by atoms with Crippen molar-refractivity contribution in [3.63, 3.8) is 0 Å². The molecule has 0 aliphatic rings. The highest BCUT2D eigenvalue weighted by molar-refractivity contribution is 6.32. The van der Waals surface area contributed by atoms with Crippen molar-refractivity contribution in [1.29, 1.82) is 0 Å². The summed E-state index contributed by atoms with van der Waals surface area (Å²) in [6.45, 7) is 2.81. The summed E-state index contributed by atoms with van der Waals surface area (Å²) in [5.74, 6) is 2.17. The Labute approximate surface area is 130 Å². The van der Waals surface area contributed by atoms with Crippen molar-refractivity contribution in [2.45, 2.75) is 25.9 Å². The van der Waals surface area contributed by atoms with Crippen LogP contribution < -0.4 is 14.8 Å². The van der Waals surface area contributed by atoms with Crippen LogP contribution in [0.2, 0.25) is 5.02 Å². The Balaban J connectivity index is 1.98. The number of nitrogens with one attached hydrogen (secondary N) is 1. The molecule has 0 spiro atoms. The van der Waals surface area contributed by atoms with E-state index in [2.05, 4.69) is 12.2 Å². The van der Waals surface area contributed by atoms with Crippen LogP contribution in [0, 0.1) is 0 Å². The number of halogens is 1. The quantitative estimate of drug-likeness (QED) is 0.847. The Morgan fingerprint density at radius 3 is 2.71 bits per heavy atom. The third kappa shape index (κ3) is 4.16. The van der Waals surface area contributed by atoms with E-state index in [0.29, 0.717) is 29.1 Å². The van der Waals surface area contributed by atoms with Gasteiger partial charge in [0.15, 0.2) is 11.5 Å². The Bertz CT molecular complexity index is 569. The molecule has 4 nitrogen and oxygen atoms in total. The molecule has 0 amide bonds. The van der Waals surface area contributed by atoms with E-state index < -0.39 is 0 Å². The standard InChI is InChI=1S/C16H20ClNO3/c1-11(7-13-5-4-6-21-13)18-10-12-8-14(17)16(20-3)15(9-12)19-2/h4-6,8-9,11,18H,7,10H2,1-3H3. The van der Waals surface area contributed by atoms with Gasteiger partial charge in [-0.3, -0.25) is 0 Å². The average Bonchev–Trinajstić information content (AvgIpc) is 2.97. The Morgan fingerprint density at radius 2 is 2.10 bits per heavy atom. The predicted molar refractivity (Wildman–Crippen MR) is 83.3 cm³/mol. The van der Waals surface area contributed by atoms with Gasteiger partial charge in [-0.25, -0.2) is 0 Å². The van der Waals surface area contributed by atoms with Crippen LogP contribution in [0.3, 0.4) is 0 Å². The Kier molecular flexibility index (Phi) is 5.53. The second-order valence-corrected chi connectivity index (χ2v) is 5.29. The van der Waals surface area contributed by atoms with Crippen molar-refractivity contribution < 1.29 is 13.9 Å². The van der Waals surface area contributed by atoms with Crippen molar-refractivity contribution >= 4 is 11.6 Å². The van der Waals surface area contributed by atoms with Crippen molar-refractivity contribution in [2.75, 3.05) is 14.2 Å². The van der Waals surface area contributed by atoms with Crippen LogP contribution in [0.4, 0.5) is 0 Å². The first-order chi connectivity index (χ1) is 10.1. The van der Waals surface area contributed by atoms with Gasteiger partial charge in [-0.15, -0.1) is 0 Å². The Hall–Kier alpha value is -1.65. The molecule has 2 rings (SSSR count). The fourth-order valence-corrected chi connectivity index (χ4v) is 2.48. The van der Waals surface area contributed by atoms with Crippen molar-refractivity contribution in [3.05, 3.63) is 46.9 Å². The molecular formula is C16H20ClNO3. The number of methoxy groups -OCH3 is 2. The number of hydrogen-bond donors (Lipinski definition) is 1. The van der Waals surface area contributed by atoms with E-state index >= 15 is 0 Å². The van der Waals surface area contributed by atoms with Gasteiger partial charge in [-0.2, -0.15) is 0 Å². The van der Waals surface area contributed by atoms with Gasteiger partial charge in [-0.05, 0) is 36.8 Å². The molecular weight excluding hydrogens is 290 g/mol. The highest BCUT2D eigenvalue weighted by Gasteiger charge is 2.12. The summed E-state index contributed by atoms with van der Waals surface area (Å²) < 4.78 is 15.9. The molecule has 0 fully saturated rings. The molecule has 1 aromatic heterocycles. The van der Waals surface area contributed by atoms with E-state index in [1.807, 2.05) is 24.3 Å². The van der Waals surface area contributed by atoms with Crippen LogP contribution in [0.1, 0.15) is 18.2 Å². The molecule has 1 atom stereocenters. The van der Waals surface area contributed by atoms with Crippen LogP contribution in [0.25, 0.3) is 0 Å². The number of rotatable bonds is 7. The van der Waals surface area contributed by atoms with Gasteiger partial charge in [-0.1, -0.05) is 11.6 Å². The lowest BCUT2D eigenvalue weighted by Crippen LogP contribution is -2.27. The molecule has 0 saturated heterocycles. The third-order valence-corrected chi connectivity index (χ3v) is 3.52. The molecule has 0 saturated carbocycles. The lowest BCUT2D eigenvalue weighted by Gasteiger charge is -2.15. The summed E-state index contributed by atoms with van der Waals surface area (Å²) in [4.78, 5) is 0. The fourth-order valence-electron chi connectivity index (χ4n) is 2.17. The second-order valence-electron chi connectivity index (χ2n) is 4.88. The molecule has 2 aromatic rings. The van der Waals surface area contributed by atoms with Crippen molar-refractivity contribution in [2.24, 2.45) is 0 Å². The minimum Gasteiger partial charge on any atom is -0.493 e. The number of benzene rings is 1. The first kappa shape index (κ1) is 15.7. The second kappa shape index (κ2) is 7.38. The first-order valence-electron chi connectivity index (χ1n) is 6.80. The zero-order chi connectivity index (χ0) is 15.2. The van der Waals surface area contributed by atoms with E-state index in [1.54, 1.807) is 20.5 Å². The molecule has 0 radical (unpaired) electrons. The van der Waals surface area contributed by atoms with E-state index in [1.165, 1.54) is 0 Å². The van der Waals surface area contributed by atoms with Crippen LogP contribution in [-0.2, 0) is 13.0 Å². The summed E-state index contributed by atoms with van der Waals surface area (Å²) in [7, 11) is 3.18. The number of furan rings is 1. The predicted octanol–water partition coefficient (Wildman–Crippen LogP) is 3.67. The topological polar surface area (TPSA) is 43.6 Å². The van der Waals surface area contributed by atoms with Gasteiger partial charge in [0.25, 0.3) is 0 Å². The maximum atomic E-state index is 6.20. The summed E-state index contributed by atoms with van der Waals surface area (Å²) in [5, 5.41) is 3.99. The van der Waals surface area contributed by atoms with Crippen LogP contribution in [-0.4, -0.2) is 20.3 Å². The van der Waals surface area contributed by atoms with Gasteiger partial charge >= 0.3 is 0 Å². The van der Waals surface area contributed by atoms with Crippen LogP contribution in [0.5, 0.6) is 11.5 Å². The average molecular weight is 310 g/mol. The zero-order valence-electron chi connectivity index (χ0n) is 12.5. The van der Waals surface area contributed by atoms with Crippen LogP contribution in [0.15, 0.2) is 34.9 Å². The van der Waals surface area contributed by atoms with E-state index in [9.17, 15) is 0 Å². The molecule has 1 heterocycles. The maximum Gasteiger partial charge on any atom is 0.179 e. The summed E-state index contributed by atoms with van der Waals surface area (Å²) in [6.07, 6.45) is 2.53. The summed E-state index contributed by atoms with van der Waals surface area (Å²) in [5.41, 5.74) is 1.05. The van der Waals surface area contributed by atoms with Gasteiger partial charge in [0.05, 0.1) is 25.5 Å². The molecule has 114 valence electrons.